The number of amides is 1. The zero-order valence-electron chi connectivity index (χ0n) is 16.2. The van der Waals surface area contributed by atoms with Gasteiger partial charge in [0.05, 0.1) is 19.3 Å². The standard InChI is InChI=1S/C21H24N4O4/c26-20(17-12-22-4-5-23-17)25-6-3-21(15-25)14-24(7-8-29-21)13-16-1-2-18-19(11-16)28-10-9-27-18/h1-2,4-5,11-12H,3,6-10,13-15H2. The number of morpholine rings is 1. The van der Waals surface area contributed by atoms with E-state index in [2.05, 4.69) is 27.0 Å². The largest absolute Gasteiger partial charge is 0.486 e. The van der Waals surface area contributed by atoms with Crippen LogP contribution in [-0.4, -0.2) is 77.3 Å². The summed E-state index contributed by atoms with van der Waals surface area (Å²) in [5.41, 5.74) is 1.26. The van der Waals surface area contributed by atoms with Crippen molar-refractivity contribution < 1.29 is 19.0 Å². The van der Waals surface area contributed by atoms with E-state index in [4.69, 9.17) is 14.2 Å². The Morgan fingerprint density at radius 1 is 1.07 bits per heavy atom. The molecule has 2 aromatic rings. The predicted molar refractivity (Wildman–Crippen MR) is 104 cm³/mol. The number of aromatic nitrogens is 2. The van der Waals surface area contributed by atoms with E-state index in [1.54, 1.807) is 12.4 Å². The van der Waals surface area contributed by atoms with Gasteiger partial charge in [-0.15, -0.1) is 0 Å². The highest BCUT2D eigenvalue weighted by molar-refractivity contribution is 5.92. The Bertz CT molecular complexity index is 894. The van der Waals surface area contributed by atoms with Crippen LogP contribution in [0.4, 0.5) is 0 Å². The van der Waals surface area contributed by atoms with Crippen LogP contribution in [0.1, 0.15) is 22.5 Å². The molecule has 3 aliphatic rings. The quantitative estimate of drug-likeness (QED) is 0.775. The van der Waals surface area contributed by atoms with Crippen molar-refractivity contribution in [3.05, 3.63) is 48.0 Å². The number of ether oxygens (including phenoxy) is 3. The summed E-state index contributed by atoms with van der Waals surface area (Å²) in [5, 5.41) is 0. The third-order valence-corrected chi connectivity index (χ3v) is 5.73. The maximum Gasteiger partial charge on any atom is 0.274 e. The number of carbonyl (C=O) groups is 1. The SMILES string of the molecule is O=C(c1cnccn1)N1CCC2(CN(Cc3ccc4c(c3)OCCO4)CCO2)C1. The van der Waals surface area contributed by atoms with Gasteiger partial charge in [0.15, 0.2) is 11.5 Å². The molecule has 8 nitrogen and oxygen atoms in total. The summed E-state index contributed by atoms with van der Waals surface area (Å²) in [6.07, 6.45) is 5.47. The summed E-state index contributed by atoms with van der Waals surface area (Å²) in [7, 11) is 0. The molecule has 29 heavy (non-hydrogen) atoms. The molecule has 0 aliphatic carbocycles. The molecule has 2 fully saturated rings. The Morgan fingerprint density at radius 2 is 1.97 bits per heavy atom. The number of fused-ring (bicyclic) bond motifs is 1. The fourth-order valence-corrected chi connectivity index (χ4v) is 4.34. The lowest BCUT2D eigenvalue weighted by atomic mass is 10.00. The van der Waals surface area contributed by atoms with Crippen LogP contribution in [0.25, 0.3) is 0 Å². The first-order chi connectivity index (χ1) is 14.2. The summed E-state index contributed by atoms with van der Waals surface area (Å²) in [6.45, 7) is 5.60. The Balaban J connectivity index is 1.24. The molecular formula is C21H24N4O4. The van der Waals surface area contributed by atoms with E-state index < -0.39 is 0 Å². The maximum absolute atomic E-state index is 12.7. The van der Waals surface area contributed by atoms with E-state index in [1.165, 1.54) is 11.8 Å². The average molecular weight is 396 g/mol. The van der Waals surface area contributed by atoms with Gasteiger partial charge in [0, 0.05) is 38.6 Å². The molecule has 1 unspecified atom stereocenters. The van der Waals surface area contributed by atoms with Crippen LogP contribution in [0.5, 0.6) is 11.5 Å². The van der Waals surface area contributed by atoms with E-state index in [0.29, 0.717) is 38.6 Å². The first-order valence-electron chi connectivity index (χ1n) is 10.0. The molecule has 1 atom stereocenters. The Labute approximate surface area is 169 Å². The average Bonchev–Trinajstić information content (AvgIpc) is 3.16. The van der Waals surface area contributed by atoms with Crippen molar-refractivity contribution in [2.45, 2.75) is 18.6 Å². The van der Waals surface area contributed by atoms with Crippen molar-refractivity contribution in [2.24, 2.45) is 0 Å². The fourth-order valence-electron chi connectivity index (χ4n) is 4.34. The van der Waals surface area contributed by atoms with Gasteiger partial charge in [-0.1, -0.05) is 6.07 Å². The summed E-state index contributed by atoms with van der Waals surface area (Å²) in [5.74, 6) is 1.55. The minimum absolute atomic E-state index is 0.0810. The lowest BCUT2D eigenvalue weighted by Crippen LogP contribution is -2.53. The van der Waals surface area contributed by atoms with Crippen LogP contribution < -0.4 is 9.47 Å². The molecule has 8 heteroatoms. The van der Waals surface area contributed by atoms with E-state index >= 15 is 0 Å². The normalized spacial score (nSPS) is 24.1. The topological polar surface area (TPSA) is 77.0 Å². The zero-order chi connectivity index (χ0) is 19.7. The van der Waals surface area contributed by atoms with Crippen molar-refractivity contribution in [2.75, 3.05) is 46.0 Å². The van der Waals surface area contributed by atoms with Crippen molar-refractivity contribution in [1.82, 2.24) is 19.8 Å². The first-order valence-corrected chi connectivity index (χ1v) is 10.0. The van der Waals surface area contributed by atoms with Crippen molar-refractivity contribution in [3.63, 3.8) is 0 Å². The summed E-state index contributed by atoms with van der Waals surface area (Å²) >= 11 is 0. The van der Waals surface area contributed by atoms with E-state index in [0.717, 1.165) is 37.6 Å². The smallest absolute Gasteiger partial charge is 0.274 e. The second-order valence-electron chi connectivity index (χ2n) is 7.79. The number of carbonyl (C=O) groups excluding carboxylic acids is 1. The highest BCUT2D eigenvalue weighted by atomic mass is 16.6. The number of benzene rings is 1. The molecule has 4 heterocycles. The highest BCUT2D eigenvalue weighted by Crippen LogP contribution is 2.33. The molecule has 2 saturated heterocycles. The van der Waals surface area contributed by atoms with Crippen LogP contribution in [0.2, 0.25) is 0 Å². The van der Waals surface area contributed by atoms with Crippen molar-refractivity contribution in [3.8, 4) is 11.5 Å². The molecule has 1 amide bonds. The highest BCUT2D eigenvalue weighted by Gasteiger charge is 2.44. The monoisotopic (exact) mass is 396 g/mol. The van der Waals surface area contributed by atoms with Crippen LogP contribution in [0, 0.1) is 0 Å². The molecule has 5 rings (SSSR count). The lowest BCUT2D eigenvalue weighted by Gasteiger charge is -2.40. The van der Waals surface area contributed by atoms with Crippen LogP contribution in [0.3, 0.4) is 0 Å². The van der Waals surface area contributed by atoms with Crippen LogP contribution >= 0.6 is 0 Å². The molecule has 1 aromatic heterocycles. The molecule has 1 spiro atoms. The Morgan fingerprint density at radius 3 is 2.83 bits per heavy atom. The van der Waals surface area contributed by atoms with Gasteiger partial charge in [0.2, 0.25) is 0 Å². The number of nitrogens with zero attached hydrogens (tertiary/aromatic N) is 4. The van der Waals surface area contributed by atoms with Gasteiger partial charge >= 0.3 is 0 Å². The minimum Gasteiger partial charge on any atom is -0.486 e. The Kier molecular flexibility index (Phi) is 4.81. The number of hydrogen-bond acceptors (Lipinski definition) is 7. The third kappa shape index (κ3) is 3.77. The first kappa shape index (κ1) is 18.3. The van der Waals surface area contributed by atoms with E-state index in [1.807, 2.05) is 11.0 Å². The number of rotatable bonds is 3. The summed E-state index contributed by atoms with van der Waals surface area (Å²) < 4.78 is 17.5. The van der Waals surface area contributed by atoms with E-state index in [-0.39, 0.29) is 11.5 Å². The molecule has 3 aliphatic heterocycles. The van der Waals surface area contributed by atoms with Gasteiger partial charge in [0.25, 0.3) is 5.91 Å². The zero-order valence-corrected chi connectivity index (χ0v) is 16.2. The van der Waals surface area contributed by atoms with Crippen LogP contribution in [0.15, 0.2) is 36.8 Å². The minimum atomic E-state index is -0.316. The van der Waals surface area contributed by atoms with Gasteiger partial charge in [-0.3, -0.25) is 14.7 Å². The molecule has 0 bridgehead atoms. The van der Waals surface area contributed by atoms with Gasteiger partial charge in [-0.2, -0.15) is 0 Å². The second-order valence-corrected chi connectivity index (χ2v) is 7.79. The number of hydrogen-bond donors (Lipinski definition) is 0. The molecule has 1 aromatic carbocycles. The van der Waals surface area contributed by atoms with Gasteiger partial charge in [-0.05, 0) is 24.1 Å². The van der Waals surface area contributed by atoms with E-state index in [9.17, 15) is 4.79 Å². The van der Waals surface area contributed by atoms with Gasteiger partial charge in [-0.25, -0.2) is 4.98 Å². The van der Waals surface area contributed by atoms with Gasteiger partial charge < -0.3 is 19.1 Å². The third-order valence-electron chi connectivity index (χ3n) is 5.73. The Hall–Kier alpha value is -2.71. The molecule has 152 valence electrons. The molecule has 0 saturated carbocycles. The van der Waals surface area contributed by atoms with Crippen LogP contribution in [-0.2, 0) is 11.3 Å². The second kappa shape index (κ2) is 7.61. The van der Waals surface area contributed by atoms with Crippen molar-refractivity contribution in [1.29, 1.82) is 0 Å². The van der Waals surface area contributed by atoms with Gasteiger partial charge in [0.1, 0.15) is 24.5 Å². The predicted octanol–water partition coefficient (Wildman–Crippen LogP) is 1.36. The maximum atomic E-state index is 12.7. The molecular weight excluding hydrogens is 372 g/mol. The lowest BCUT2D eigenvalue weighted by molar-refractivity contribution is -0.102. The summed E-state index contributed by atoms with van der Waals surface area (Å²) in [6, 6.07) is 6.14. The number of likely N-dealkylation sites (tertiary alicyclic amines) is 1. The fraction of sp³-hybridized carbons (Fsp3) is 0.476. The molecule has 0 radical (unpaired) electrons. The van der Waals surface area contributed by atoms with Crippen molar-refractivity contribution >= 4 is 5.91 Å². The molecule has 0 N–H and O–H groups in total. The summed E-state index contributed by atoms with van der Waals surface area (Å²) in [4.78, 5) is 25.1.